The lowest BCUT2D eigenvalue weighted by molar-refractivity contribution is 0.552. The molecule has 5 nitrogen and oxygen atoms in total. The maximum absolute atomic E-state index is 12.1. The Morgan fingerprint density at radius 1 is 1.53 bits per heavy atom. The smallest absolute Gasteiger partial charge is 0.242 e. The first-order valence-electron chi connectivity index (χ1n) is 5.95. The van der Waals surface area contributed by atoms with Crippen LogP contribution in [0.15, 0.2) is 23.1 Å². The highest BCUT2D eigenvalue weighted by Gasteiger charge is 2.21. The minimum absolute atomic E-state index is 0.00571. The molecule has 102 valence electrons. The van der Waals surface area contributed by atoms with Crippen molar-refractivity contribution in [2.45, 2.75) is 23.8 Å². The molecule has 2 N–H and O–H groups in total. The first-order valence-corrected chi connectivity index (χ1v) is 7.82. The topological polar surface area (TPSA) is 82.0 Å². The van der Waals surface area contributed by atoms with Gasteiger partial charge in [0.25, 0.3) is 0 Å². The fraction of sp³-hybridized carbons (Fsp3) is 0.417. The number of halogens is 1. The summed E-state index contributed by atoms with van der Waals surface area (Å²) in [5.74, 6) is 0. The number of nitrogens with zero attached hydrogens (tertiary/aromatic N) is 1. The summed E-state index contributed by atoms with van der Waals surface area (Å²) >= 11 is 5.90. The van der Waals surface area contributed by atoms with Gasteiger partial charge >= 0.3 is 0 Å². The number of sulfonamides is 1. The van der Waals surface area contributed by atoms with Gasteiger partial charge in [-0.25, -0.2) is 13.1 Å². The minimum Gasteiger partial charge on any atom is -0.313 e. The van der Waals surface area contributed by atoms with Crippen LogP contribution in [-0.4, -0.2) is 27.5 Å². The van der Waals surface area contributed by atoms with Crippen LogP contribution in [0.25, 0.3) is 0 Å². The molecule has 1 aliphatic heterocycles. The summed E-state index contributed by atoms with van der Waals surface area (Å²) in [7, 11) is -3.63. The highest BCUT2D eigenvalue weighted by Crippen LogP contribution is 2.22. The van der Waals surface area contributed by atoms with Gasteiger partial charge < -0.3 is 5.32 Å². The fourth-order valence-corrected chi connectivity index (χ4v) is 3.63. The van der Waals surface area contributed by atoms with Gasteiger partial charge in [0, 0.05) is 12.6 Å². The van der Waals surface area contributed by atoms with Crippen LogP contribution >= 0.6 is 11.6 Å². The molecule has 1 aromatic carbocycles. The number of nitrogens with one attached hydrogen (secondary N) is 2. The Kier molecular flexibility index (Phi) is 4.42. The molecule has 0 radical (unpaired) electrons. The van der Waals surface area contributed by atoms with E-state index in [2.05, 4.69) is 10.0 Å². The maximum atomic E-state index is 12.1. The number of rotatable bonds is 4. The zero-order valence-electron chi connectivity index (χ0n) is 10.2. The molecule has 19 heavy (non-hydrogen) atoms. The van der Waals surface area contributed by atoms with Crippen molar-refractivity contribution in [3.63, 3.8) is 0 Å². The lowest BCUT2D eigenvalue weighted by atomic mass is 10.2. The van der Waals surface area contributed by atoms with Gasteiger partial charge in [-0.05, 0) is 37.6 Å². The van der Waals surface area contributed by atoms with Crippen molar-refractivity contribution < 1.29 is 8.42 Å². The molecule has 1 aliphatic rings. The van der Waals surface area contributed by atoms with Crippen LogP contribution in [0.2, 0.25) is 5.02 Å². The molecule has 0 aromatic heterocycles. The summed E-state index contributed by atoms with van der Waals surface area (Å²) in [6.45, 7) is 1.27. The van der Waals surface area contributed by atoms with Crippen molar-refractivity contribution in [1.82, 2.24) is 10.0 Å². The zero-order chi connectivity index (χ0) is 13.9. The Bertz CT molecular complexity index is 604. The summed E-state index contributed by atoms with van der Waals surface area (Å²) in [6.07, 6.45) is 2.02. The highest BCUT2D eigenvalue weighted by atomic mass is 35.5. The van der Waals surface area contributed by atoms with Crippen molar-refractivity contribution in [1.29, 1.82) is 5.26 Å². The number of hydrogen-bond donors (Lipinski definition) is 2. The monoisotopic (exact) mass is 299 g/mol. The molecule has 0 amide bonds. The van der Waals surface area contributed by atoms with Crippen LogP contribution in [0, 0.1) is 11.3 Å². The summed E-state index contributed by atoms with van der Waals surface area (Å²) in [5.41, 5.74) is 0.335. The first-order chi connectivity index (χ1) is 9.03. The molecule has 1 heterocycles. The normalized spacial score (nSPS) is 19.3. The Balaban J connectivity index is 2.12. The van der Waals surface area contributed by atoms with Crippen LogP contribution < -0.4 is 10.0 Å². The largest absolute Gasteiger partial charge is 0.313 e. The SMILES string of the molecule is N#Cc1ccc(S(=O)(=O)NCC2CCCN2)c(Cl)c1. The second-order valence-corrected chi connectivity index (χ2v) is 6.54. The molecule has 1 fully saturated rings. The van der Waals surface area contributed by atoms with Gasteiger partial charge in [-0.1, -0.05) is 11.6 Å². The molecular formula is C12H14ClN3O2S. The Labute approximate surface area is 117 Å². The summed E-state index contributed by atoms with van der Waals surface area (Å²) in [6, 6.07) is 6.23. The van der Waals surface area contributed by atoms with Crippen molar-refractivity contribution >= 4 is 21.6 Å². The molecule has 2 rings (SSSR count). The average Bonchev–Trinajstić information content (AvgIpc) is 2.89. The van der Waals surface area contributed by atoms with Gasteiger partial charge in [0.2, 0.25) is 10.0 Å². The lowest BCUT2D eigenvalue weighted by Gasteiger charge is -2.12. The van der Waals surface area contributed by atoms with E-state index in [4.69, 9.17) is 16.9 Å². The van der Waals surface area contributed by atoms with Gasteiger partial charge in [-0.15, -0.1) is 0 Å². The van der Waals surface area contributed by atoms with Crippen LogP contribution in [0.3, 0.4) is 0 Å². The molecule has 1 saturated heterocycles. The van der Waals surface area contributed by atoms with Gasteiger partial charge in [0.05, 0.1) is 16.7 Å². The maximum Gasteiger partial charge on any atom is 0.242 e. The van der Waals surface area contributed by atoms with Gasteiger partial charge in [0.1, 0.15) is 4.90 Å². The molecule has 7 heteroatoms. The van der Waals surface area contributed by atoms with Crippen molar-refractivity contribution in [3.8, 4) is 6.07 Å². The van der Waals surface area contributed by atoms with Crippen LogP contribution in [-0.2, 0) is 10.0 Å². The van der Waals surface area contributed by atoms with Crippen LogP contribution in [0.1, 0.15) is 18.4 Å². The summed E-state index contributed by atoms with van der Waals surface area (Å²) in [4.78, 5) is 0.00571. The first kappa shape index (κ1) is 14.3. The Hall–Kier alpha value is -1.13. The van der Waals surface area contributed by atoms with Gasteiger partial charge in [0.15, 0.2) is 0 Å². The molecule has 0 bridgehead atoms. The molecule has 1 aromatic rings. The summed E-state index contributed by atoms with van der Waals surface area (Å²) < 4.78 is 26.7. The van der Waals surface area contributed by atoms with Gasteiger partial charge in [-0.3, -0.25) is 0 Å². The number of hydrogen-bond acceptors (Lipinski definition) is 4. The Morgan fingerprint density at radius 2 is 2.32 bits per heavy atom. The minimum atomic E-state index is -3.63. The Morgan fingerprint density at radius 3 is 2.89 bits per heavy atom. The number of benzene rings is 1. The quantitative estimate of drug-likeness (QED) is 0.876. The third-order valence-corrected chi connectivity index (χ3v) is 4.94. The third-order valence-electron chi connectivity index (χ3n) is 3.03. The molecule has 0 saturated carbocycles. The van der Waals surface area contributed by atoms with E-state index in [1.54, 1.807) is 0 Å². The van der Waals surface area contributed by atoms with Crippen molar-refractivity contribution in [2.24, 2.45) is 0 Å². The highest BCUT2D eigenvalue weighted by molar-refractivity contribution is 7.89. The molecule has 1 atom stereocenters. The fourth-order valence-electron chi connectivity index (χ4n) is 2.01. The van der Waals surface area contributed by atoms with Crippen molar-refractivity contribution in [2.75, 3.05) is 13.1 Å². The van der Waals surface area contributed by atoms with E-state index in [0.717, 1.165) is 19.4 Å². The van der Waals surface area contributed by atoms with E-state index in [0.29, 0.717) is 12.1 Å². The molecule has 1 unspecified atom stereocenters. The third kappa shape index (κ3) is 3.45. The van der Waals surface area contributed by atoms with E-state index in [1.165, 1.54) is 18.2 Å². The average molecular weight is 300 g/mol. The second-order valence-electron chi connectivity index (χ2n) is 4.40. The molecule has 0 spiro atoms. The van der Waals surface area contributed by atoms with E-state index in [1.807, 2.05) is 6.07 Å². The van der Waals surface area contributed by atoms with E-state index >= 15 is 0 Å². The van der Waals surface area contributed by atoms with E-state index in [-0.39, 0.29) is 16.0 Å². The predicted octanol–water partition coefficient (Wildman–Crippen LogP) is 1.24. The zero-order valence-corrected chi connectivity index (χ0v) is 11.8. The van der Waals surface area contributed by atoms with E-state index in [9.17, 15) is 8.42 Å². The second kappa shape index (κ2) is 5.88. The number of nitriles is 1. The van der Waals surface area contributed by atoms with Crippen LogP contribution in [0.5, 0.6) is 0 Å². The standard InChI is InChI=1S/C12H14ClN3O2S/c13-11-6-9(7-14)3-4-12(11)19(17,18)16-8-10-2-1-5-15-10/h3-4,6,10,15-16H,1-2,5,8H2. The molecule has 0 aliphatic carbocycles. The van der Waals surface area contributed by atoms with E-state index < -0.39 is 10.0 Å². The predicted molar refractivity (Wildman–Crippen MR) is 72.4 cm³/mol. The van der Waals surface area contributed by atoms with Crippen molar-refractivity contribution in [3.05, 3.63) is 28.8 Å². The lowest BCUT2D eigenvalue weighted by Crippen LogP contribution is -2.37. The summed E-state index contributed by atoms with van der Waals surface area (Å²) in [5, 5.41) is 12.0. The van der Waals surface area contributed by atoms with Gasteiger partial charge in [-0.2, -0.15) is 5.26 Å². The molecular weight excluding hydrogens is 286 g/mol. The van der Waals surface area contributed by atoms with Crippen LogP contribution in [0.4, 0.5) is 0 Å².